The topological polar surface area (TPSA) is 36.0 Å². The SMILES string of the molecule is COCCN1CCC2(CCC1=O)CN(Cc1ccccc1Cl)CCN2C. The quantitative estimate of drug-likeness (QED) is 0.787. The van der Waals surface area contributed by atoms with Gasteiger partial charge in [0.05, 0.1) is 6.61 Å². The van der Waals surface area contributed by atoms with E-state index in [1.54, 1.807) is 7.11 Å². The van der Waals surface area contributed by atoms with Crippen LogP contribution < -0.4 is 0 Å². The van der Waals surface area contributed by atoms with Crippen LogP contribution in [0, 0.1) is 0 Å². The number of likely N-dealkylation sites (N-methyl/N-ethyl adjacent to an activating group) is 1. The first-order valence-electron chi connectivity index (χ1n) is 9.48. The van der Waals surface area contributed by atoms with Crippen molar-refractivity contribution in [2.45, 2.75) is 31.3 Å². The number of piperazine rings is 1. The van der Waals surface area contributed by atoms with Crippen molar-refractivity contribution in [1.29, 1.82) is 0 Å². The number of ether oxygens (including phenoxy) is 1. The summed E-state index contributed by atoms with van der Waals surface area (Å²) >= 11 is 6.36. The number of rotatable bonds is 5. The van der Waals surface area contributed by atoms with Crippen LogP contribution >= 0.6 is 11.6 Å². The summed E-state index contributed by atoms with van der Waals surface area (Å²) in [4.78, 5) is 19.4. The lowest BCUT2D eigenvalue weighted by atomic mass is 9.86. The van der Waals surface area contributed by atoms with E-state index in [2.05, 4.69) is 22.9 Å². The number of carbonyl (C=O) groups excluding carboxylic acids is 1. The van der Waals surface area contributed by atoms with Crippen LogP contribution in [-0.4, -0.2) is 79.6 Å². The maximum atomic E-state index is 12.5. The highest BCUT2D eigenvalue weighted by Crippen LogP contribution is 2.33. The fourth-order valence-corrected chi connectivity index (χ4v) is 4.41. The van der Waals surface area contributed by atoms with Gasteiger partial charge in [0.1, 0.15) is 0 Å². The Morgan fingerprint density at radius 3 is 2.77 bits per heavy atom. The van der Waals surface area contributed by atoms with Gasteiger partial charge in [-0.25, -0.2) is 0 Å². The van der Waals surface area contributed by atoms with E-state index in [1.807, 2.05) is 23.1 Å². The predicted octanol–water partition coefficient (Wildman–Crippen LogP) is 2.49. The van der Waals surface area contributed by atoms with Crippen molar-refractivity contribution in [3.05, 3.63) is 34.9 Å². The number of methoxy groups -OCH3 is 1. The van der Waals surface area contributed by atoms with E-state index in [-0.39, 0.29) is 11.4 Å². The Morgan fingerprint density at radius 1 is 1.19 bits per heavy atom. The van der Waals surface area contributed by atoms with Crippen LogP contribution in [0.25, 0.3) is 0 Å². The maximum absolute atomic E-state index is 12.5. The zero-order valence-corrected chi connectivity index (χ0v) is 16.7. The molecule has 1 aromatic rings. The summed E-state index contributed by atoms with van der Waals surface area (Å²) in [5.74, 6) is 0.260. The molecule has 2 fully saturated rings. The molecule has 6 heteroatoms. The lowest BCUT2D eigenvalue weighted by Gasteiger charge is -2.49. The maximum Gasteiger partial charge on any atom is 0.222 e. The molecule has 0 saturated carbocycles. The van der Waals surface area contributed by atoms with Gasteiger partial charge in [-0.05, 0) is 31.5 Å². The Kier molecular flexibility index (Phi) is 6.56. The first-order chi connectivity index (χ1) is 12.5. The van der Waals surface area contributed by atoms with Crippen molar-refractivity contribution in [3.8, 4) is 0 Å². The van der Waals surface area contributed by atoms with Gasteiger partial charge in [0.15, 0.2) is 0 Å². The Labute approximate surface area is 161 Å². The van der Waals surface area contributed by atoms with Gasteiger partial charge in [-0.1, -0.05) is 29.8 Å². The molecule has 5 nitrogen and oxygen atoms in total. The summed E-state index contributed by atoms with van der Waals surface area (Å²) < 4.78 is 5.16. The van der Waals surface area contributed by atoms with Crippen molar-refractivity contribution in [2.75, 3.05) is 53.5 Å². The summed E-state index contributed by atoms with van der Waals surface area (Å²) in [7, 11) is 3.90. The first-order valence-corrected chi connectivity index (χ1v) is 9.85. The lowest BCUT2D eigenvalue weighted by molar-refractivity contribution is -0.131. The van der Waals surface area contributed by atoms with Crippen molar-refractivity contribution in [1.82, 2.24) is 14.7 Å². The third-order valence-electron chi connectivity index (χ3n) is 6.00. The number of halogens is 1. The minimum Gasteiger partial charge on any atom is -0.383 e. The van der Waals surface area contributed by atoms with Gasteiger partial charge in [0, 0.05) is 63.4 Å². The zero-order valence-electron chi connectivity index (χ0n) is 15.9. The van der Waals surface area contributed by atoms with Gasteiger partial charge in [-0.3, -0.25) is 14.6 Å². The van der Waals surface area contributed by atoms with Gasteiger partial charge in [-0.2, -0.15) is 0 Å². The van der Waals surface area contributed by atoms with E-state index < -0.39 is 0 Å². The third-order valence-corrected chi connectivity index (χ3v) is 6.37. The fraction of sp³-hybridized carbons (Fsp3) is 0.650. The second-order valence-electron chi connectivity index (χ2n) is 7.57. The predicted molar refractivity (Wildman–Crippen MR) is 104 cm³/mol. The Balaban J connectivity index is 1.69. The molecular formula is C20H30ClN3O2. The number of hydrogen-bond acceptors (Lipinski definition) is 4. The van der Waals surface area contributed by atoms with Crippen LogP contribution in [0.4, 0.5) is 0 Å². The van der Waals surface area contributed by atoms with Crippen LogP contribution in [0.5, 0.6) is 0 Å². The molecule has 2 aliphatic heterocycles. The van der Waals surface area contributed by atoms with Gasteiger partial charge >= 0.3 is 0 Å². The monoisotopic (exact) mass is 379 g/mol. The molecule has 0 N–H and O–H groups in total. The summed E-state index contributed by atoms with van der Waals surface area (Å²) in [6, 6.07) is 8.09. The smallest absolute Gasteiger partial charge is 0.222 e. The van der Waals surface area contributed by atoms with Crippen LogP contribution in [-0.2, 0) is 16.1 Å². The fourth-order valence-electron chi connectivity index (χ4n) is 4.22. The van der Waals surface area contributed by atoms with E-state index in [0.717, 1.165) is 50.6 Å². The van der Waals surface area contributed by atoms with Crippen LogP contribution in [0.1, 0.15) is 24.8 Å². The molecule has 2 heterocycles. The van der Waals surface area contributed by atoms with Crippen LogP contribution in [0.2, 0.25) is 5.02 Å². The highest BCUT2D eigenvalue weighted by molar-refractivity contribution is 6.31. The van der Waals surface area contributed by atoms with Crippen molar-refractivity contribution >= 4 is 17.5 Å². The lowest BCUT2D eigenvalue weighted by Crippen LogP contribution is -2.60. The van der Waals surface area contributed by atoms with E-state index in [9.17, 15) is 4.79 Å². The first kappa shape index (κ1) is 19.6. The average molecular weight is 380 g/mol. The molecule has 2 aliphatic rings. The molecule has 1 spiro atoms. The van der Waals surface area contributed by atoms with E-state index >= 15 is 0 Å². The number of likely N-dealkylation sites (tertiary alicyclic amines) is 1. The van der Waals surface area contributed by atoms with Crippen molar-refractivity contribution < 1.29 is 9.53 Å². The Bertz CT molecular complexity index is 627. The molecule has 1 amide bonds. The molecule has 1 atom stereocenters. The van der Waals surface area contributed by atoms with Crippen LogP contribution in [0.3, 0.4) is 0 Å². The second kappa shape index (κ2) is 8.70. The minimum atomic E-state index is 0.0665. The molecule has 0 radical (unpaired) electrons. The Morgan fingerprint density at radius 2 is 2.00 bits per heavy atom. The van der Waals surface area contributed by atoms with Crippen molar-refractivity contribution in [3.63, 3.8) is 0 Å². The summed E-state index contributed by atoms with van der Waals surface area (Å²) in [5, 5.41) is 0.835. The number of carbonyl (C=O) groups is 1. The zero-order chi connectivity index (χ0) is 18.6. The molecule has 1 aromatic carbocycles. The third kappa shape index (κ3) is 4.39. The summed E-state index contributed by atoms with van der Waals surface area (Å²) in [6.07, 6.45) is 2.55. The molecule has 1 unspecified atom stereocenters. The van der Waals surface area contributed by atoms with E-state index in [4.69, 9.17) is 16.3 Å². The molecule has 0 aromatic heterocycles. The molecule has 144 valence electrons. The molecule has 0 bridgehead atoms. The molecule has 0 aliphatic carbocycles. The standard InChI is InChI=1S/C20H30ClN3O2/c1-22-11-12-23(15-17-5-3-4-6-18(17)21)16-20(22)8-7-19(25)24(10-9-20)13-14-26-2/h3-6H,7-16H2,1-2H3. The molecule has 3 rings (SSSR count). The summed E-state index contributed by atoms with van der Waals surface area (Å²) in [6.45, 7) is 6.02. The van der Waals surface area contributed by atoms with Crippen LogP contribution in [0.15, 0.2) is 24.3 Å². The van der Waals surface area contributed by atoms with Crippen molar-refractivity contribution in [2.24, 2.45) is 0 Å². The minimum absolute atomic E-state index is 0.0665. The van der Waals surface area contributed by atoms with Gasteiger partial charge in [0.2, 0.25) is 5.91 Å². The highest BCUT2D eigenvalue weighted by Gasteiger charge is 2.42. The van der Waals surface area contributed by atoms with Gasteiger partial charge in [-0.15, -0.1) is 0 Å². The largest absolute Gasteiger partial charge is 0.383 e. The Hall–Kier alpha value is -1.14. The molecular weight excluding hydrogens is 350 g/mol. The number of nitrogens with zero attached hydrogens (tertiary/aromatic N) is 3. The number of benzene rings is 1. The number of hydrogen-bond donors (Lipinski definition) is 0. The summed E-state index contributed by atoms with van der Waals surface area (Å²) in [5.41, 5.74) is 1.25. The van der Waals surface area contributed by atoms with E-state index in [0.29, 0.717) is 19.6 Å². The molecule has 26 heavy (non-hydrogen) atoms. The van der Waals surface area contributed by atoms with Gasteiger partial charge < -0.3 is 9.64 Å². The number of amides is 1. The van der Waals surface area contributed by atoms with Gasteiger partial charge in [0.25, 0.3) is 0 Å². The van der Waals surface area contributed by atoms with E-state index in [1.165, 1.54) is 5.56 Å². The second-order valence-corrected chi connectivity index (χ2v) is 7.98. The normalized spacial score (nSPS) is 25.7. The molecule has 2 saturated heterocycles. The highest BCUT2D eigenvalue weighted by atomic mass is 35.5. The average Bonchev–Trinajstić information content (AvgIpc) is 2.79.